The predicted molar refractivity (Wildman–Crippen MR) is 82.6 cm³/mol. The Kier molecular flexibility index (Phi) is 4.20. The molecular formula is C13H10Cl2FN3O2S. The first-order chi connectivity index (χ1) is 10.5. The van der Waals surface area contributed by atoms with Crippen molar-refractivity contribution in [2.45, 2.75) is 25.9 Å². The van der Waals surface area contributed by atoms with Gasteiger partial charge in [-0.2, -0.15) is 0 Å². The van der Waals surface area contributed by atoms with E-state index in [1.807, 2.05) is 0 Å². The van der Waals surface area contributed by atoms with Gasteiger partial charge in [0.05, 0.1) is 10.6 Å². The fourth-order valence-electron chi connectivity index (χ4n) is 2.29. The van der Waals surface area contributed by atoms with E-state index in [2.05, 4.69) is 4.99 Å². The molecule has 1 aliphatic heterocycles. The summed E-state index contributed by atoms with van der Waals surface area (Å²) < 4.78 is 17.3. The number of hydrogen-bond acceptors (Lipinski definition) is 4. The fourth-order valence-corrected chi connectivity index (χ4v) is 3.63. The quantitative estimate of drug-likeness (QED) is 0.772. The Morgan fingerprint density at radius 1 is 1.27 bits per heavy atom. The monoisotopic (exact) mass is 361 g/mol. The minimum Gasteiger partial charge on any atom is -0.276 e. The van der Waals surface area contributed by atoms with Crippen LogP contribution >= 0.6 is 34.5 Å². The molecule has 1 aromatic carbocycles. The van der Waals surface area contributed by atoms with Crippen LogP contribution in [-0.2, 0) is 13.1 Å². The third kappa shape index (κ3) is 2.76. The summed E-state index contributed by atoms with van der Waals surface area (Å²) in [6.45, 7) is 1.27. The maximum Gasteiger partial charge on any atom is 0.325 e. The summed E-state index contributed by atoms with van der Waals surface area (Å²) in [7, 11) is 0. The highest BCUT2D eigenvalue weighted by Crippen LogP contribution is 2.27. The van der Waals surface area contributed by atoms with Crippen molar-refractivity contribution in [1.82, 2.24) is 9.36 Å². The van der Waals surface area contributed by atoms with Gasteiger partial charge in [0.25, 0.3) is 5.24 Å². The van der Waals surface area contributed by atoms with Crippen molar-refractivity contribution in [3.63, 3.8) is 0 Å². The Morgan fingerprint density at radius 2 is 1.95 bits per heavy atom. The number of rotatable bonds is 2. The largest absolute Gasteiger partial charge is 0.325 e. The number of carbonyl (C=O) groups is 1. The van der Waals surface area contributed by atoms with Crippen LogP contribution in [0, 0.1) is 5.82 Å². The van der Waals surface area contributed by atoms with Crippen molar-refractivity contribution in [2.24, 2.45) is 4.99 Å². The van der Waals surface area contributed by atoms with E-state index in [0.29, 0.717) is 17.9 Å². The van der Waals surface area contributed by atoms with Gasteiger partial charge in [-0.15, -0.1) is 0 Å². The molecule has 0 aliphatic carbocycles. The second-order valence-corrected chi connectivity index (χ2v) is 6.44. The van der Waals surface area contributed by atoms with Crippen LogP contribution in [0.2, 0.25) is 5.02 Å². The SMILES string of the molecule is O=C(Cl)c1cc(N=c2sc(=O)n3n2CCCC3)c(F)cc1Cl. The first kappa shape index (κ1) is 15.5. The molecule has 22 heavy (non-hydrogen) atoms. The summed E-state index contributed by atoms with van der Waals surface area (Å²) in [5.74, 6) is -0.678. The van der Waals surface area contributed by atoms with E-state index in [9.17, 15) is 14.0 Å². The molecule has 0 saturated heterocycles. The van der Waals surface area contributed by atoms with Crippen LogP contribution in [0.15, 0.2) is 21.9 Å². The number of hydrogen-bond donors (Lipinski definition) is 0. The molecule has 116 valence electrons. The second-order valence-electron chi connectivity index (χ2n) is 4.77. The maximum atomic E-state index is 14.0. The Morgan fingerprint density at radius 3 is 2.64 bits per heavy atom. The van der Waals surface area contributed by atoms with Crippen molar-refractivity contribution < 1.29 is 9.18 Å². The Hall–Kier alpha value is -1.44. The van der Waals surface area contributed by atoms with Gasteiger partial charge in [-0.1, -0.05) is 11.6 Å². The first-order valence-corrected chi connectivity index (χ1v) is 8.09. The lowest BCUT2D eigenvalue weighted by Gasteiger charge is -2.15. The van der Waals surface area contributed by atoms with E-state index < -0.39 is 11.1 Å². The Bertz CT molecular complexity index is 884. The molecule has 3 rings (SSSR count). The van der Waals surface area contributed by atoms with E-state index in [0.717, 1.165) is 30.2 Å². The van der Waals surface area contributed by atoms with E-state index in [1.54, 1.807) is 9.36 Å². The number of benzene rings is 1. The zero-order valence-corrected chi connectivity index (χ0v) is 13.5. The smallest absolute Gasteiger partial charge is 0.276 e. The van der Waals surface area contributed by atoms with Gasteiger partial charge in [-0.3, -0.25) is 14.3 Å². The van der Waals surface area contributed by atoms with Crippen LogP contribution in [-0.4, -0.2) is 14.6 Å². The molecule has 0 saturated carbocycles. The molecule has 0 amide bonds. The molecule has 0 fully saturated rings. The van der Waals surface area contributed by atoms with Gasteiger partial charge in [0, 0.05) is 13.1 Å². The average molecular weight is 362 g/mol. The molecule has 0 radical (unpaired) electrons. The third-order valence-electron chi connectivity index (χ3n) is 3.36. The van der Waals surface area contributed by atoms with Gasteiger partial charge in [-0.05, 0) is 47.9 Å². The van der Waals surface area contributed by atoms with Crippen molar-refractivity contribution in [3.8, 4) is 0 Å². The molecule has 0 unspecified atom stereocenters. The fraction of sp³-hybridized carbons (Fsp3) is 0.308. The normalized spacial score (nSPS) is 15.0. The highest BCUT2D eigenvalue weighted by molar-refractivity contribution is 7.06. The highest BCUT2D eigenvalue weighted by Gasteiger charge is 2.16. The maximum absolute atomic E-state index is 14.0. The second kappa shape index (κ2) is 5.98. The molecule has 1 aromatic heterocycles. The Balaban J connectivity index is 2.19. The molecule has 2 aromatic rings. The molecule has 0 spiro atoms. The van der Waals surface area contributed by atoms with Gasteiger partial charge in [-0.25, -0.2) is 14.1 Å². The van der Waals surface area contributed by atoms with Gasteiger partial charge >= 0.3 is 4.87 Å². The predicted octanol–water partition coefficient (Wildman–Crippen LogP) is 2.91. The van der Waals surface area contributed by atoms with Gasteiger partial charge < -0.3 is 0 Å². The summed E-state index contributed by atoms with van der Waals surface area (Å²) >= 11 is 12.1. The standard InChI is InChI=1S/C13H10Cl2FN3O2S/c14-8-6-9(16)10(5-7(8)11(15)20)17-12-18-3-1-2-4-19(18)13(21)22-12/h5-6H,1-4H2. The summed E-state index contributed by atoms with van der Waals surface area (Å²) in [5.41, 5.74) is -0.0926. The molecule has 9 heteroatoms. The molecule has 0 bridgehead atoms. The lowest BCUT2D eigenvalue weighted by Crippen LogP contribution is -2.31. The number of nitrogens with zero attached hydrogens (tertiary/aromatic N) is 3. The molecule has 5 nitrogen and oxygen atoms in total. The molecule has 0 atom stereocenters. The van der Waals surface area contributed by atoms with Crippen molar-refractivity contribution in [1.29, 1.82) is 0 Å². The minimum atomic E-state index is -0.791. The lowest BCUT2D eigenvalue weighted by molar-refractivity contribution is 0.108. The van der Waals surface area contributed by atoms with Crippen LogP contribution in [0.5, 0.6) is 0 Å². The minimum absolute atomic E-state index is 0.0195. The summed E-state index contributed by atoms with van der Waals surface area (Å²) in [6.07, 6.45) is 1.86. The third-order valence-corrected chi connectivity index (χ3v) is 4.74. The number of fused-ring (bicyclic) bond motifs is 1. The van der Waals surface area contributed by atoms with Gasteiger partial charge in [0.1, 0.15) is 11.5 Å². The van der Waals surface area contributed by atoms with Crippen LogP contribution in [0.1, 0.15) is 23.2 Å². The van der Waals surface area contributed by atoms with E-state index >= 15 is 0 Å². The molecule has 1 aliphatic rings. The van der Waals surface area contributed by atoms with E-state index in [1.165, 1.54) is 6.07 Å². The zero-order chi connectivity index (χ0) is 15.9. The van der Waals surface area contributed by atoms with Crippen LogP contribution in [0.3, 0.4) is 0 Å². The van der Waals surface area contributed by atoms with E-state index in [-0.39, 0.29) is 21.1 Å². The number of aromatic nitrogens is 2. The first-order valence-electron chi connectivity index (χ1n) is 6.52. The molecule has 0 N–H and O–H groups in total. The number of halogens is 3. The topological polar surface area (TPSA) is 56.4 Å². The van der Waals surface area contributed by atoms with Crippen LogP contribution in [0.4, 0.5) is 10.1 Å². The zero-order valence-electron chi connectivity index (χ0n) is 11.2. The van der Waals surface area contributed by atoms with Crippen molar-refractivity contribution in [2.75, 3.05) is 0 Å². The van der Waals surface area contributed by atoms with Crippen molar-refractivity contribution >= 4 is 45.5 Å². The van der Waals surface area contributed by atoms with Crippen molar-refractivity contribution in [3.05, 3.63) is 43.0 Å². The lowest BCUT2D eigenvalue weighted by atomic mass is 10.2. The highest BCUT2D eigenvalue weighted by atomic mass is 35.5. The molecular weight excluding hydrogens is 352 g/mol. The Labute approximate surface area is 138 Å². The van der Waals surface area contributed by atoms with Crippen LogP contribution < -0.4 is 9.67 Å². The van der Waals surface area contributed by atoms with Gasteiger partial charge in [0.15, 0.2) is 0 Å². The van der Waals surface area contributed by atoms with Gasteiger partial charge in [0.2, 0.25) is 4.80 Å². The molecule has 2 heterocycles. The summed E-state index contributed by atoms with van der Waals surface area (Å²) in [5, 5.41) is -0.864. The van der Waals surface area contributed by atoms with E-state index in [4.69, 9.17) is 23.2 Å². The average Bonchev–Trinajstić information content (AvgIpc) is 2.78. The summed E-state index contributed by atoms with van der Waals surface area (Å²) in [6, 6.07) is 2.18. The van der Waals surface area contributed by atoms with Crippen LogP contribution in [0.25, 0.3) is 0 Å². The summed E-state index contributed by atoms with van der Waals surface area (Å²) in [4.78, 5) is 27.6. The number of carbonyl (C=O) groups excluding carboxylic acids is 1.